The summed E-state index contributed by atoms with van der Waals surface area (Å²) in [5, 5.41) is 0. The van der Waals surface area contributed by atoms with E-state index in [9.17, 15) is 4.79 Å². The van der Waals surface area contributed by atoms with Gasteiger partial charge in [-0.3, -0.25) is 4.79 Å². The molecule has 0 aliphatic carbocycles. The second-order valence-corrected chi connectivity index (χ2v) is 7.10. The largest absolute Gasteiger partial charge is 0.493 e. The van der Waals surface area contributed by atoms with Gasteiger partial charge in [0.05, 0.1) is 19.8 Å². The highest BCUT2D eigenvalue weighted by Crippen LogP contribution is 2.35. The molecule has 1 atom stereocenters. The van der Waals surface area contributed by atoms with Crippen molar-refractivity contribution in [2.75, 3.05) is 20.8 Å². The number of hydrogen-bond acceptors (Lipinski definition) is 3. The van der Waals surface area contributed by atoms with E-state index in [1.807, 2.05) is 23.1 Å². The highest BCUT2D eigenvalue weighted by Gasteiger charge is 2.33. The number of amides is 1. The average Bonchev–Trinajstić information content (AvgIpc) is 2.91. The van der Waals surface area contributed by atoms with Crippen LogP contribution in [0.15, 0.2) is 18.2 Å². The van der Waals surface area contributed by atoms with Crippen molar-refractivity contribution in [3.63, 3.8) is 0 Å². The Morgan fingerprint density at radius 1 is 1.27 bits per heavy atom. The Hall–Kier alpha value is -1.71. The first-order valence-electron chi connectivity index (χ1n) is 7.89. The zero-order chi connectivity index (χ0) is 16.3. The minimum absolute atomic E-state index is 0.0440. The topological polar surface area (TPSA) is 38.8 Å². The smallest absolute Gasteiger partial charge is 0.258 e. The molecule has 0 radical (unpaired) electrons. The average molecular weight is 305 g/mol. The van der Waals surface area contributed by atoms with Crippen LogP contribution in [0, 0.1) is 5.41 Å². The van der Waals surface area contributed by atoms with Crippen LogP contribution >= 0.6 is 0 Å². The van der Waals surface area contributed by atoms with Crippen molar-refractivity contribution in [2.24, 2.45) is 5.41 Å². The van der Waals surface area contributed by atoms with E-state index in [0.717, 1.165) is 25.8 Å². The lowest BCUT2D eigenvalue weighted by Crippen LogP contribution is -2.37. The first-order chi connectivity index (χ1) is 10.4. The minimum atomic E-state index is 0.0440. The number of likely N-dealkylation sites (tertiary alicyclic amines) is 1. The van der Waals surface area contributed by atoms with Crippen molar-refractivity contribution in [1.82, 2.24) is 4.90 Å². The van der Waals surface area contributed by atoms with Crippen LogP contribution < -0.4 is 9.47 Å². The van der Waals surface area contributed by atoms with Crippen molar-refractivity contribution < 1.29 is 14.3 Å². The zero-order valence-electron chi connectivity index (χ0n) is 14.3. The molecule has 2 rings (SSSR count). The molecule has 1 amide bonds. The van der Waals surface area contributed by atoms with Crippen LogP contribution in [0.3, 0.4) is 0 Å². The van der Waals surface area contributed by atoms with E-state index in [4.69, 9.17) is 9.47 Å². The molecule has 1 aromatic rings. The second kappa shape index (κ2) is 6.59. The van der Waals surface area contributed by atoms with Gasteiger partial charge in [-0.05, 0) is 36.8 Å². The summed E-state index contributed by atoms with van der Waals surface area (Å²) in [5.41, 5.74) is 0.800. The first kappa shape index (κ1) is 16.7. The maximum Gasteiger partial charge on any atom is 0.258 e. The molecule has 1 heterocycles. The molecule has 0 saturated carbocycles. The number of ether oxygens (including phenoxy) is 2. The van der Waals surface area contributed by atoms with Gasteiger partial charge in [-0.15, -0.1) is 0 Å². The molecule has 1 aliphatic rings. The minimum Gasteiger partial charge on any atom is -0.493 e. The second-order valence-electron chi connectivity index (χ2n) is 7.10. The standard InChI is InChI=1S/C18H27NO3/c1-18(2,3)12-13-8-7-11-19(13)17(20)14-9-6-10-15(21-4)16(14)22-5/h6,9-10,13H,7-8,11-12H2,1-5H3. The van der Waals surface area contributed by atoms with Gasteiger partial charge in [0.15, 0.2) is 11.5 Å². The number of benzene rings is 1. The monoisotopic (exact) mass is 305 g/mol. The van der Waals surface area contributed by atoms with Gasteiger partial charge >= 0.3 is 0 Å². The third-order valence-corrected chi connectivity index (χ3v) is 4.12. The van der Waals surface area contributed by atoms with Gasteiger partial charge in [0.2, 0.25) is 0 Å². The lowest BCUT2D eigenvalue weighted by Gasteiger charge is -2.30. The zero-order valence-corrected chi connectivity index (χ0v) is 14.3. The lowest BCUT2D eigenvalue weighted by atomic mass is 9.87. The number of para-hydroxylation sites is 1. The third kappa shape index (κ3) is 3.54. The Balaban J connectivity index is 2.27. The van der Waals surface area contributed by atoms with E-state index in [0.29, 0.717) is 23.1 Å². The Kier molecular flexibility index (Phi) is 4.99. The highest BCUT2D eigenvalue weighted by molar-refractivity contribution is 5.98. The van der Waals surface area contributed by atoms with Gasteiger partial charge < -0.3 is 14.4 Å². The van der Waals surface area contributed by atoms with Crippen LogP contribution in [0.5, 0.6) is 11.5 Å². The maximum atomic E-state index is 13.0. The summed E-state index contributed by atoms with van der Waals surface area (Å²) in [5.74, 6) is 1.17. The van der Waals surface area contributed by atoms with Crippen molar-refractivity contribution >= 4 is 5.91 Å². The number of carbonyl (C=O) groups excluding carboxylic acids is 1. The van der Waals surface area contributed by atoms with Crippen molar-refractivity contribution in [3.05, 3.63) is 23.8 Å². The van der Waals surface area contributed by atoms with Crippen LogP contribution in [0.2, 0.25) is 0 Å². The molecule has 0 aromatic heterocycles. The van der Waals surface area contributed by atoms with Gasteiger partial charge in [-0.2, -0.15) is 0 Å². The van der Waals surface area contributed by atoms with Crippen molar-refractivity contribution in [3.8, 4) is 11.5 Å². The van der Waals surface area contributed by atoms with E-state index < -0.39 is 0 Å². The van der Waals surface area contributed by atoms with E-state index >= 15 is 0 Å². The maximum absolute atomic E-state index is 13.0. The molecule has 22 heavy (non-hydrogen) atoms. The fourth-order valence-corrected chi connectivity index (χ4v) is 3.23. The van der Waals surface area contributed by atoms with E-state index in [1.165, 1.54) is 0 Å². The van der Waals surface area contributed by atoms with Gasteiger partial charge in [0.1, 0.15) is 0 Å². The molecule has 122 valence electrons. The Labute approximate surface area is 133 Å². The summed E-state index contributed by atoms with van der Waals surface area (Å²) in [6.45, 7) is 7.49. The molecular formula is C18H27NO3. The summed E-state index contributed by atoms with van der Waals surface area (Å²) in [4.78, 5) is 15.0. The van der Waals surface area contributed by atoms with E-state index in [-0.39, 0.29) is 11.3 Å². The first-order valence-corrected chi connectivity index (χ1v) is 7.89. The fraction of sp³-hybridized carbons (Fsp3) is 0.611. The van der Waals surface area contributed by atoms with E-state index in [1.54, 1.807) is 14.2 Å². The number of methoxy groups -OCH3 is 2. The van der Waals surface area contributed by atoms with E-state index in [2.05, 4.69) is 20.8 Å². The summed E-state index contributed by atoms with van der Waals surface area (Å²) in [6, 6.07) is 5.77. The van der Waals surface area contributed by atoms with Crippen LogP contribution in [-0.4, -0.2) is 37.6 Å². The number of carbonyl (C=O) groups is 1. The summed E-state index contributed by atoms with van der Waals surface area (Å²) >= 11 is 0. The molecule has 1 aliphatic heterocycles. The summed E-state index contributed by atoms with van der Waals surface area (Å²) in [7, 11) is 3.16. The van der Waals surface area contributed by atoms with Gasteiger partial charge in [-0.25, -0.2) is 0 Å². The Bertz CT molecular complexity index is 534. The molecule has 1 saturated heterocycles. The quantitative estimate of drug-likeness (QED) is 0.850. The third-order valence-electron chi connectivity index (χ3n) is 4.12. The van der Waals surface area contributed by atoms with Crippen LogP contribution in [-0.2, 0) is 0 Å². The normalized spacial score (nSPS) is 18.4. The highest BCUT2D eigenvalue weighted by atomic mass is 16.5. The SMILES string of the molecule is COc1cccc(C(=O)N2CCCC2CC(C)(C)C)c1OC. The van der Waals surface area contributed by atoms with Crippen molar-refractivity contribution in [1.29, 1.82) is 0 Å². The summed E-state index contributed by atoms with van der Waals surface area (Å²) in [6.07, 6.45) is 3.17. The van der Waals surface area contributed by atoms with Crippen molar-refractivity contribution in [2.45, 2.75) is 46.1 Å². The molecule has 4 heteroatoms. The molecule has 0 N–H and O–H groups in total. The number of hydrogen-bond donors (Lipinski definition) is 0. The molecule has 1 aromatic carbocycles. The lowest BCUT2D eigenvalue weighted by molar-refractivity contribution is 0.0700. The number of rotatable bonds is 4. The molecule has 4 nitrogen and oxygen atoms in total. The fourth-order valence-electron chi connectivity index (χ4n) is 3.23. The Morgan fingerprint density at radius 2 is 2.00 bits per heavy atom. The molecule has 0 bridgehead atoms. The van der Waals surface area contributed by atoms with Gasteiger partial charge in [0, 0.05) is 12.6 Å². The molecular weight excluding hydrogens is 278 g/mol. The summed E-state index contributed by atoms with van der Waals surface area (Å²) < 4.78 is 10.7. The van der Waals surface area contributed by atoms with Crippen LogP contribution in [0.25, 0.3) is 0 Å². The van der Waals surface area contributed by atoms with Gasteiger partial charge in [-0.1, -0.05) is 26.8 Å². The molecule has 0 spiro atoms. The van der Waals surface area contributed by atoms with Crippen LogP contribution in [0.4, 0.5) is 0 Å². The predicted molar refractivity (Wildman–Crippen MR) is 87.7 cm³/mol. The Morgan fingerprint density at radius 3 is 2.59 bits per heavy atom. The number of nitrogens with zero attached hydrogens (tertiary/aromatic N) is 1. The van der Waals surface area contributed by atoms with Crippen LogP contribution in [0.1, 0.15) is 50.4 Å². The molecule has 1 unspecified atom stereocenters. The predicted octanol–water partition coefficient (Wildman–Crippen LogP) is 3.74. The molecule has 1 fully saturated rings. The van der Waals surface area contributed by atoms with Gasteiger partial charge in [0.25, 0.3) is 5.91 Å².